The standard InChI is InChI=1S/C31H27FN2O7.C10H15FN2O4.CH4O/c32-25-26(41-30(37)23-16-8-3-9-17-23)24(20-39-29(36)22-14-6-2-7-15-22)40-28(25)34-19-11-10-18-33(31(34)38)27(35)21-12-4-1-5-13-21;11-7-8(15)6(5-14)17-9(7)13-4-2-1-3-12-10(13)16;1-2/h1-17,24-26,28H,18-20H2;1-2,6-9,14-15H,3-5H2,(H,12,16);2H,1H3/t24-,25+,26-,28-;6-,7+,8-,9-;/m11./s1. The summed E-state index contributed by atoms with van der Waals surface area (Å²) in [5.74, 6) is -2.03. The van der Waals surface area contributed by atoms with Gasteiger partial charge < -0.3 is 39.6 Å². The van der Waals surface area contributed by atoms with Crippen LogP contribution in [0.25, 0.3) is 0 Å². The molecule has 0 saturated carbocycles. The number of hydrogen-bond donors (Lipinski definition) is 4. The van der Waals surface area contributed by atoms with Crippen LogP contribution in [0.15, 0.2) is 115 Å². The number of nitrogens with one attached hydrogen (secondary N) is 1. The molecule has 5 amide bonds. The largest absolute Gasteiger partial charge is 0.459 e. The maximum atomic E-state index is 16.1. The fourth-order valence-electron chi connectivity index (χ4n) is 6.53. The van der Waals surface area contributed by atoms with Crippen LogP contribution >= 0.6 is 0 Å². The molecule has 3 aromatic carbocycles. The van der Waals surface area contributed by atoms with Crippen molar-refractivity contribution in [3.63, 3.8) is 0 Å². The van der Waals surface area contributed by atoms with Crippen molar-refractivity contribution in [1.29, 1.82) is 0 Å². The van der Waals surface area contributed by atoms with E-state index in [4.69, 9.17) is 29.2 Å². The maximum absolute atomic E-state index is 16.1. The lowest BCUT2D eigenvalue weighted by atomic mass is 10.1. The first-order valence-corrected chi connectivity index (χ1v) is 18.9. The Labute approximate surface area is 344 Å². The van der Waals surface area contributed by atoms with Crippen LogP contribution in [0, 0.1) is 0 Å². The molecule has 2 fully saturated rings. The number of aliphatic hydroxyl groups is 3. The van der Waals surface area contributed by atoms with Gasteiger partial charge in [-0.3, -0.25) is 19.5 Å². The van der Waals surface area contributed by atoms with Crippen molar-refractivity contribution in [2.24, 2.45) is 0 Å². The predicted molar refractivity (Wildman–Crippen MR) is 209 cm³/mol. The Morgan fingerprint density at radius 3 is 1.83 bits per heavy atom. The van der Waals surface area contributed by atoms with E-state index in [-0.39, 0.29) is 30.8 Å². The number of alkyl halides is 2. The lowest BCUT2D eigenvalue weighted by molar-refractivity contribution is -0.0750. The lowest BCUT2D eigenvalue weighted by Crippen LogP contribution is -2.52. The number of hydrogen-bond acceptors (Lipinski definition) is 12. The van der Waals surface area contributed by atoms with Gasteiger partial charge in [-0.2, -0.15) is 0 Å². The van der Waals surface area contributed by atoms with Gasteiger partial charge in [0, 0.05) is 38.9 Å². The summed E-state index contributed by atoms with van der Waals surface area (Å²) in [6, 6.07) is 23.3. The maximum Gasteiger partial charge on any atom is 0.338 e. The van der Waals surface area contributed by atoms with Crippen LogP contribution in [-0.2, 0) is 18.9 Å². The van der Waals surface area contributed by atoms with Crippen molar-refractivity contribution < 1.29 is 67.0 Å². The molecule has 4 aliphatic rings. The van der Waals surface area contributed by atoms with Gasteiger partial charge in [0.15, 0.2) is 30.9 Å². The van der Waals surface area contributed by atoms with Crippen molar-refractivity contribution in [2.75, 3.05) is 46.5 Å². The Balaban J connectivity index is 0.000000299. The van der Waals surface area contributed by atoms with Gasteiger partial charge in [0.05, 0.1) is 17.7 Å². The molecule has 7 rings (SSSR count). The van der Waals surface area contributed by atoms with Crippen LogP contribution in [0.4, 0.5) is 18.4 Å². The third-order valence-corrected chi connectivity index (χ3v) is 9.60. The molecule has 0 spiro atoms. The highest BCUT2D eigenvalue weighted by atomic mass is 19.1. The molecule has 16 nitrogen and oxygen atoms in total. The minimum atomic E-state index is -2.01. The average Bonchev–Trinajstić information content (AvgIpc) is 3.52. The van der Waals surface area contributed by atoms with Gasteiger partial charge in [-0.1, -0.05) is 78.9 Å². The summed E-state index contributed by atoms with van der Waals surface area (Å²) in [4.78, 5) is 67.0. The summed E-state index contributed by atoms with van der Waals surface area (Å²) < 4.78 is 51.9. The van der Waals surface area contributed by atoms with Crippen molar-refractivity contribution in [3.8, 4) is 0 Å². The highest BCUT2D eigenvalue weighted by Crippen LogP contribution is 2.32. The minimum absolute atomic E-state index is 0.0166. The summed E-state index contributed by atoms with van der Waals surface area (Å²) in [7, 11) is 1.00. The van der Waals surface area contributed by atoms with Crippen molar-refractivity contribution in [3.05, 3.63) is 132 Å². The molecule has 0 bridgehead atoms. The summed E-state index contributed by atoms with van der Waals surface area (Å²) in [6.07, 6.45) is -4.82. The van der Waals surface area contributed by atoms with E-state index >= 15 is 4.39 Å². The molecule has 4 N–H and O–H groups in total. The van der Waals surface area contributed by atoms with Crippen LogP contribution in [0.1, 0.15) is 31.1 Å². The Morgan fingerprint density at radius 1 is 0.717 bits per heavy atom. The normalized spacial score (nSPS) is 26.1. The van der Waals surface area contributed by atoms with Gasteiger partial charge in [-0.25, -0.2) is 28.0 Å². The van der Waals surface area contributed by atoms with Gasteiger partial charge >= 0.3 is 24.0 Å². The topological polar surface area (TPSA) is 205 Å². The van der Waals surface area contributed by atoms with Gasteiger partial charge in [0.2, 0.25) is 0 Å². The first-order chi connectivity index (χ1) is 29.1. The third kappa shape index (κ3) is 10.8. The van der Waals surface area contributed by atoms with Crippen LogP contribution in [0.2, 0.25) is 0 Å². The van der Waals surface area contributed by atoms with E-state index < -0.39 is 92.3 Å². The molecular weight excluding hydrogens is 790 g/mol. The number of ether oxygens (including phenoxy) is 4. The molecule has 0 aromatic heterocycles. The van der Waals surface area contributed by atoms with Crippen LogP contribution in [-0.4, -0.2) is 156 Å². The second-order valence-corrected chi connectivity index (χ2v) is 13.4. The Kier molecular flexibility index (Phi) is 16.4. The molecule has 3 aromatic rings. The number of carbonyl (C=O) groups excluding carboxylic acids is 5. The highest BCUT2D eigenvalue weighted by Gasteiger charge is 2.53. The van der Waals surface area contributed by atoms with E-state index in [0.717, 1.165) is 21.8 Å². The zero-order chi connectivity index (χ0) is 43.2. The van der Waals surface area contributed by atoms with Crippen molar-refractivity contribution >= 4 is 29.9 Å². The van der Waals surface area contributed by atoms with Crippen molar-refractivity contribution in [2.45, 2.75) is 49.2 Å². The molecule has 0 radical (unpaired) electrons. The fourth-order valence-corrected chi connectivity index (χ4v) is 6.53. The fraction of sp³-hybridized carbons (Fsp3) is 0.357. The quantitative estimate of drug-likeness (QED) is 0.182. The number of amides is 5. The Hall–Kier alpha value is -6.05. The zero-order valence-corrected chi connectivity index (χ0v) is 32.4. The molecule has 60 heavy (non-hydrogen) atoms. The van der Waals surface area contributed by atoms with E-state index in [2.05, 4.69) is 5.32 Å². The molecule has 18 heteroatoms. The van der Waals surface area contributed by atoms with E-state index in [1.807, 2.05) is 0 Å². The zero-order valence-electron chi connectivity index (χ0n) is 32.4. The Morgan fingerprint density at radius 2 is 1.23 bits per heavy atom. The van der Waals surface area contributed by atoms with Crippen molar-refractivity contribution in [1.82, 2.24) is 20.0 Å². The molecule has 8 atom stereocenters. The molecule has 0 unspecified atom stereocenters. The summed E-state index contributed by atoms with van der Waals surface area (Å²) in [5, 5.41) is 27.9. The number of benzene rings is 3. The van der Waals surface area contributed by atoms with Crippen LogP contribution < -0.4 is 5.32 Å². The predicted octanol–water partition coefficient (Wildman–Crippen LogP) is 2.86. The molecule has 4 aliphatic heterocycles. The number of nitrogens with zero attached hydrogens (tertiary/aromatic N) is 3. The average molecular weight is 837 g/mol. The van der Waals surface area contributed by atoms with Gasteiger partial charge in [-0.15, -0.1) is 0 Å². The number of aliphatic hydroxyl groups excluding tert-OH is 3. The highest BCUT2D eigenvalue weighted by molar-refractivity contribution is 6.04. The van der Waals surface area contributed by atoms with E-state index in [0.29, 0.717) is 12.1 Å². The second-order valence-electron chi connectivity index (χ2n) is 13.4. The van der Waals surface area contributed by atoms with Crippen LogP contribution in [0.3, 0.4) is 0 Å². The van der Waals surface area contributed by atoms with E-state index in [1.165, 1.54) is 12.1 Å². The SMILES string of the molecule is CO.O=C(OC[C@H]1O[C@@H](N2CC=CCN(C(=O)c3ccccc3)C2=O)[C@@H](F)[C@@H]1OC(=O)c1ccccc1)c1ccccc1.O=C1NCC=CCN1[C@@H]1O[C@H](CO)[C@@H](O)[C@@H]1F. The number of carbonyl (C=O) groups is 5. The molecule has 2 saturated heterocycles. The number of rotatable bonds is 9. The van der Waals surface area contributed by atoms with Crippen LogP contribution in [0.5, 0.6) is 0 Å². The Bertz CT molecular complexity index is 1960. The molecule has 0 aliphatic carbocycles. The number of esters is 2. The number of urea groups is 2. The molecule has 320 valence electrons. The van der Waals surface area contributed by atoms with Gasteiger partial charge in [0.25, 0.3) is 5.91 Å². The number of imide groups is 1. The summed E-state index contributed by atoms with van der Waals surface area (Å²) >= 11 is 0. The minimum Gasteiger partial charge on any atom is -0.459 e. The molecular formula is C42H46F2N4O12. The number of halogens is 2. The molecule has 4 heterocycles. The lowest BCUT2D eigenvalue weighted by Gasteiger charge is -2.31. The second kappa shape index (κ2) is 21.8. The third-order valence-electron chi connectivity index (χ3n) is 9.60. The summed E-state index contributed by atoms with van der Waals surface area (Å²) in [5.41, 5.74) is 0.761. The van der Waals surface area contributed by atoms with Gasteiger partial charge in [0.1, 0.15) is 24.9 Å². The summed E-state index contributed by atoms with van der Waals surface area (Å²) in [6.45, 7) is -0.409. The first-order valence-electron chi connectivity index (χ1n) is 18.9. The first kappa shape index (κ1) is 45.0. The smallest absolute Gasteiger partial charge is 0.338 e. The van der Waals surface area contributed by atoms with Gasteiger partial charge in [-0.05, 0) is 36.4 Å². The van der Waals surface area contributed by atoms with E-state index in [1.54, 1.807) is 103 Å². The monoisotopic (exact) mass is 836 g/mol. The van der Waals surface area contributed by atoms with E-state index in [9.17, 15) is 33.5 Å².